The second kappa shape index (κ2) is 4.15. The summed E-state index contributed by atoms with van der Waals surface area (Å²) in [7, 11) is 0. The topological polar surface area (TPSA) is 102 Å². The molecule has 0 spiro atoms. The molecule has 0 aliphatic carbocycles. The number of aliphatic carboxylic acids is 1. The molecule has 0 saturated carbocycles. The first-order chi connectivity index (χ1) is 7.04. The number of benzene rings is 1. The quantitative estimate of drug-likeness (QED) is 0.381. The van der Waals surface area contributed by atoms with Gasteiger partial charge in [-0.25, -0.2) is 4.79 Å². The molecule has 0 heterocycles. The Kier molecular flexibility index (Phi) is 2.94. The average molecular weight is 205 g/mol. The number of phenols is 2. The van der Waals surface area contributed by atoms with Gasteiger partial charge in [-0.05, 0) is 23.8 Å². The number of phenolic OH excluding ortho intramolecular Hbond substituents is 2. The standard InChI is InChI=1S/C10H7NO4/c11-5-7(10(14)15)3-6-1-2-8(12)9(13)4-6/h1-4,12-13H,(H,14,15). The highest BCUT2D eigenvalue weighted by molar-refractivity contribution is 5.96. The molecule has 0 aliphatic rings. The number of hydrogen-bond donors (Lipinski definition) is 3. The van der Waals surface area contributed by atoms with Gasteiger partial charge >= 0.3 is 5.97 Å². The van der Waals surface area contributed by atoms with E-state index < -0.39 is 11.5 Å². The fourth-order valence-electron chi connectivity index (χ4n) is 0.939. The first-order valence-corrected chi connectivity index (χ1v) is 3.91. The van der Waals surface area contributed by atoms with Gasteiger partial charge in [-0.3, -0.25) is 0 Å². The van der Waals surface area contributed by atoms with E-state index >= 15 is 0 Å². The van der Waals surface area contributed by atoms with E-state index in [0.29, 0.717) is 5.56 Å². The molecule has 1 aromatic carbocycles. The summed E-state index contributed by atoms with van der Waals surface area (Å²) in [5.41, 5.74) is -0.121. The highest BCUT2D eigenvalue weighted by Gasteiger charge is 2.06. The van der Waals surface area contributed by atoms with E-state index in [9.17, 15) is 4.79 Å². The van der Waals surface area contributed by atoms with Gasteiger partial charge in [-0.2, -0.15) is 5.26 Å². The molecule has 0 amide bonds. The van der Waals surface area contributed by atoms with Crippen LogP contribution in [0.5, 0.6) is 11.5 Å². The van der Waals surface area contributed by atoms with Crippen molar-refractivity contribution in [3.05, 3.63) is 29.3 Å². The Morgan fingerprint density at radius 1 is 1.33 bits per heavy atom. The van der Waals surface area contributed by atoms with Crippen molar-refractivity contribution in [1.29, 1.82) is 5.26 Å². The van der Waals surface area contributed by atoms with Crippen LogP contribution in [0, 0.1) is 11.3 Å². The van der Waals surface area contributed by atoms with Crippen LogP contribution in [0.25, 0.3) is 6.08 Å². The molecular weight excluding hydrogens is 198 g/mol. The Morgan fingerprint density at radius 3 is 2.47 bits per heavy atom. The van der Waals surface area contributed by atoms with E-state index in [1.165, 1.54) is 18.2 Å². The zero-order chi connectivity index (χ0) is 11.4. The molecule has 5 heteroatoms. The minimum absolute atomic E-state index is 0.305. The molecule has 0 aliphatic heterocycles. The van der Waals surface area contributed by atoms with Crippen molar-refractivity contribution in [3.8, 4) is 17.6 Å². The largest absolute Gasteiger partial charge is 0.504 e. The lowest BCUT2D eigenvalue weighted by Gasteiger charge is -1.98. The number of nitrogens with zero attached hydrogens (tertiary/aromatic N) is 1. The molecule has 0 unspecified atom stereocenters. The number of rotatable bonds is 2. The highest BCUT2D eigenvalue weighted by atomic mass is 16.4. The zero-order valence-corrected chi connectivity index (χ0v) is 7.51. The van der Waals surface area contributed by atoms with Gasteiger partial charge in [0.2, 0.25) is 0 Å². The van der Waals surface area contributed by atoms with Gasteiger partial charge in [-0.15, -0.1) is 0 Å². The Bertz CT molecular complexity index is 471. The van der Waals surface area contributed by atoms with Crippen molar-refractivity contribution >= 4 is 12.0 Å². The molecular formula is C10H7NO4. The number of carboxylic acids is 1. The van der Waals surface area contributed by atoms with E-state index in [1.54, 1.807) is 0 Å². The second-order valence-corrected chi connectivity index (χ2v) is 2.72. The summed E-state index contributed by atoms with van der Waals surface area (Å²) < 4.78 is 0. The number of carbonyl (C=O) groups is 1. The summed E-state index contributed by atoms with van der Waals surface area (Å²) in [5, 5.41) is 35.1. The van der Waals surface area contributed by atoms with E-state index in [2.05, 4.69) is 0 Å². The summed E-state index contributed by atoms with van der Waals surface area (Å²) in [6, 6.07) is 5.25. The molecule has 1 rings (SSSR count). The minimum atomic E-state index is -1.34. The normalized spacial score (nSPS) is 10.7. The van der Waals surface area contributed by atoms with Crippen LogP contribution >= 0.6 is 0 Å². The fourth-order valence-corrected chi connectivity index (χ4v) is 0.939. The van der Waals surface area contributed by atoms with Crippen molar-refractivity contribution in [1.82, 2.24) is 0 Å². The lowest BCUT2D eigenvalue weighted by Crippen LogP contribution is -1.97. The Hall–Kier alpha value is -2.48. The summed E-state index contributed by atoms with van der Waals surface area (Å²) >= 11 is 0. The smallest absolute Gasteiger partial charge is 0.346 e. The number of aromatic hydroxyl groups is 2. The van der Waals surface area contributed by atoms with Crippen LogP contribution in [0.1, 0.15) is 5.56 Å². The van der Waals surface area contributed by atoms with E-state index in [-0.39, 0.29) is 11.5 Å². The van der Waals surface area contributed by atoms with Crippen LogP contribution in [0.2, 0.25) is 0 Å². The summed E-state index contributed by atoms with van der Waals surface area (Å²) in [6.45, 7) is 0. The molecule has 1 aromatic rings. The maximum Gasteiger partial charge on any atom is 0.346 e. The van der Waals surface area contributed by atoms with Crippen molar-refractivity contribution < 1.29 is 20.1 Å². The van der Waals surface area contributed by atoms with Crippen molar-refractivity contribution in [2.75, 3.05) is 0 Å². The first-order valence-electron chi connectivity index (χ1n) is 3.91. The maximum absolute atomic E-state index is 10.5. The number of carboxylic acid groups (broad SMARTS) is 1. The molecule has 0 radical (unpaired) electrons. The Morgan fingerprint density at radius 2 is 2.00 bits per heavy atom. The monoisotopic (exact) mass is 205 g/mol. The van der Waals surface area contributed by atoms with E-state index in [0.717, 1.165) is 12.1 Å². The Balaban J connectivity index is 3.14. The maximum atomic E-state index is 10.5. The molecule has 3 N–H and O–H groups in total. The van der Waals surface area contributed by atoms with Crippen LogP contribution < -0.4 is 0 Å². The third-order valence-electron chi connectivity index (χ3n) is 1.66. The van der Waals surface area contributed by atoms with Crippen molar-refractivity contribution in [3.63, 3.8) is 0 Å². The van der Waals surface area contributed by atoms with Crippen LogP contribution in [-0.4, -0.2) is 21.3 Å². The van der Waals surface area contributed by atoms with E-state index in [1.807, 2.05) is 0 Å². The molecule has 76 valence electrons. The average Bonchev–Trinajstić information content (AvgIpc) is 2.19. The lowest BCUT2D eigenvalue weighted by atomic mass is 10.1. The van der Waals surface area contributed by atoms with Gasteiger partial charge in [0, 0.05) is 0 Å². The van der Waals surface area contributed by atoms with Crippen LogP contribution in [0.3, 0.4) is 0 Å². The molecule has 15 heavy (non-hydrogen) atoms. The predicted molar refractivity (Wildman–Crippen MR) is 51.0 cm³/mol. The lowest BCUT2D eigenvalue weighted by molar-refractivity contribution is -0.132. The molecule has 0 aromatic heterocycles. The second-order valence-electron chi connectivity index (χ2n) is 2.72. The van der Waals surface area contributed by atoms with Gasteiger partial charge in [0.1, 0.15) is 11.6 Å². The van der Waals surface area contributed by atoms with Crippen molar-refractivity contribution in [2.24, 2.45) is 0 Å². The van der Waals surface area contributed by atoms with Gasteiger partial charge in [0.25, 0.3) is 0 Å². The third-order valence-corrected chi connectivity index (χ3v) is 1.66. The summed E-state index contributed by atoms with van der Waals surface area (Å²) in [5.74, 6) is -2.02. The van der Waals surface area contributed by atoms with Gasteiger partial charge in [0.15, 0.2) is 11.5 Å². The fraction of sp³-hybridized carbons (Fsp3) is 0. The van der Waals surface area contributed by atoms with Crippen LogP contribution in [0.4, 0.5) is 0 Å². The summed E-state index contributed by atoms with van der Waals surface area (Å²) in [6.07, 6.45) is 1.10. The van der Waals surface area contributed by atoms with Crippen molar-refractivity contribution in [2.45, 2.75) is 0 Å². The molecule has 5 nitrogen and oxygen atoms in total. The number of nitriles is 1. The van der Waals surface area contributed by atoms with Crippen LogP contribution in [0.15, 0.2) is 23.8 Å². The molecule has 0 atom stereocenters. The third kappa shape index (κ3) is 2.48. The van der Waals surface area contributed by atoms with Crippen LogP contribution in [-0.2, 0) is 4.79 Å². The summed E-state index contributed by atoms with van der Waals surface area (Å²) in [4.78, 5) is 10.5. The highest BCUT2D eigenvalue weighted by Crippen LogP contribution is 2.25. The van der Waals surface area contributed by atoms with Gasteiger partial charge < -0.3 is 15.3 Å². The minimum Gasteiger partial charge on any atom is -0.504 e. The number of hydrogen-bond acceptors (Lipinski definition) is 4. The first kappa shape index (κ1) is 10.6. The zero-order valence-electron chi connectivity index (χ0n) is 7.51. The van der Waals surface area contributed by atoms with Gasteiger partial charge in [-0.1, -0.05) is 6.07 Å². The Labute approximate surface area is 85.1 Å². The van der Waals surface area contributed by atoms with E-state index in [4.69, 9.17) is 20.6 Å². The molecule has 0 saturated heterocycles. The SMILES string of the molecule is N#CC(=Cc1ccc(O)c(O)c1)C(=O)O. The molecule has 0 fully saturated rings. The predicted octanol–water partition coefficient (Wildman–Crippen LogP) is 1.09. The molecule has 0 bridgehead atoms. The van der Waals surface area contributed by atoms with Gasteiger partial charge in [0.05, 0.1) is 0 Å².